The van der Waals surface area contributed by atoms with Crippen LogP contribution in [0.15, 0.2) is 24.7 Å². The molecule has 1 fully saturated rings. The summed E-state index contributed by atoms with van der Waals surface area (Å²) in [5, 5.41) is 3.49. The Hall–Kier alpha value is -1.13. The van der Waals surface area contributed by atoms with Crippen LogP contribution in [0.3, 0.4) is 0 Å². The number of imidazole rings is 1. The zero-order valence-corrected chi connectivity index (χ0v) is 12.2. The van der Waals surface area contributed by atoms with Gasteiger partial charge < -0.3 is 9.88 Å². The highest BCUT2D eigenvalue weighted by molar-refractivity contribution is 7.11. The van der Waals surface area contributed by atoms with Crippen molar-refractivity contribution in [2.24, 2.45) is 0 Å². The van der Waals surface area contributed by atoms with E-state index < -0.39 is 0 Å². The second kappa shape index (κ2) is 5.88. The fourth-order valence-corrected chi connectivity index (χ4v) is 3.73. The van der Waals surface area contributed by atoms with Crippen molar-refractivity contribution in [1.29, 1.82) is 0 Å². The summed E-state index contributed by atoms with van der Waals surface area (Å²) in [6, 6.07) is 4.51. The lowest BCUT2D eigenvalue weighted by Gasteiger charge is -2.23. The van der Waals surface area contributed by atoms with E-state index in [1.165, 1.54) is 28.3 Å². The Kier molecular flexibility index (Phi) is 3.99. The summed E-state index contributed by atoms with van der Waals surface area (Å²) in [6.07, 6.45) is 7.72. The zero-order chi connectivity index (χ0) is 13.1. The molecule has 2 aromatic heterocycles. The topological polar surface area (TPSA) is 29.9 Å². The van der Waals surface area contributed by atoms with Crippen LogP contribution in [0.1, 0.15) is 41.1 Å². The predicted molar refractivity (Wildman–Crippen MR) is 79.9 cm³/mol. The Morgan fingerprint density at radius 3 is 3.05 bits per heavy atom. The van der Waals surface area contributed by atoms with Gasteiger partial charge in [0.2, 0.25) is 0 Å². The average molecular weight is 275 g/mol. The lowest BCUT2D eigenvalue weighted by Crippen LogP contribution is -2.29. The van der Waals surface area contributed by atoms with Gasteiger partial charge >= 0.3 is 0 Å². The first kappa shape index (κ1) is 12.9. The van der Waals surface area contributed by atoms with Gasteiger partial charge in [0.05, 0.1) is 12.9 Å². The van der Waals surface area contributed by atoms with Gasteiger partial charge in [-0.2, -0.15) is 0 Å². The Labute approximate surface area is 118 Å². The summed E-state index contributed by atoms with van der Waals surface area (Å²) in [6.45, 7) is 5.44. The van der Waals surface area contributed by atoms with Crippen LogP contribution in [0, 0.1) is 0 Å². The highest BCUT2D eigenvalue weighted by atomic mass is 32.1. The lowest BCUT2D eigenvalue weighted by molar-refractivity contribution is 0.444. The fourth-order valence-electron chi connectivity index (χ4n) is 2.77. The summed E-state index contributed by atoms with van der Waals surface area (Å²) in [7, 11) is 0. The second-order valence-corrected chi connectivity index (χ2v) is 6.46. The van der Waals surface area contributed by atoms with Crippen LogP contribution in [-0.4, -0.2) is 22.6 Å². The third kappa shape index (κ3) is 2.90. The molecule has 2 aromatic rings. The minimum atomic E-state index is 0.627. The largest absolute Gasteiger partial charge is 0.329 e. The number of rotatable bonds is 4. The first-order chi connectivity index (χ1) is 9.36. The van der Waals surface area contributed by atoms with Crippen molar-refractivity contribution in [3.05, 3.63) is 40.1 Å². The maximum Gasteiger partial charge on any atom is 0.0951 e. The Morgan fingerprint density at radius 2 is 2.32 bits per heavy atom. The molecule has 102 valence electrons. The lowest BCUT2D eigenvalue weighted by atomic mass is 9.96. The maximum absolute atomic E-state index is 4.36. The van der Waals surface area contributed by atoms with Crippen molar-refractivity contribution in [3.8, 4) is 0 Å². The van der Waals surface area contributed by atoms with Crippen molar-refractivity contribution >= 4 is 11.3 Å². The number of hydrogen-bond donors (Lipinski definition) is 1. The Morgan fingerprint density at radius 1 is 1.42 bits per heavy atom. The molecular weight excluding hydrogens is 254 g/mol. The van der Waals surface area contributed by atoms with Gasteiger partial charge in [-0.25, -0.2) is 4.98 Å². The molecule has 0 amide bonds. The highest BCUT2D eigenvalue weighted by Gasteiger charge is 2.18. The molecule has 0 aliphatic carbocycles. The quantitative estimate of drug-likeness (QED) is 0.929. The molecule has 4 heteroatoms. The van der Waals surface area contributed by atoms with Gasteiger partial charge in [0.1, 0.15) is 0 Å². The molecule has 1 saturated heterocycles. The molecular formula is C15H21N3S. The minimum absolute atomic E-state index is 0.627. The van der Waals surface area contributed by atoms with E-state index in [0.717, 1.165) is 26.1 Å². The standard InChI is InChI=1S/C15H21N3S/c1-2-13-5-6-14(19-13)10-18-11-17-9-15(18)12-4-3-7-16-8-12/h5-6,9,11-12,16H,2-4,7-8,10H2,1H3. The molecule has 1 N–H and O–H groups in total. The number of nitrogens with one attached hydrogen (secondary N) is 1. The second-order valence-electron chi connectivity index (χ2n) is 5.21. The van der Waals surface area contributed by atoms with E-state index in [0.29, 0.717) is 5.92 Å². The summed E-state index contributed by atoms with van der Waals surface area (Å²) in [5.74, 6) is 0.627. The Bertz CT molecular complexity index is 523. The molecule has 0 saturated carbocycles. The molecule has 1 aliphatic heterocycles. The monoisotopic (exact) mass is 275 g/mol. The van der Waals surface area contributed by atoms with E-state index in [1.54, 1.807) is 0 Å². The van der Waals surface area contributed by atoms with Crippen molar-refractivity contribution < 1.29 is 0 Å². The molecule has 0 radical (unpaired) electrons. The molecule has 0 bridgehead atoms. The van der Waals surface area contributed by atoms with Crippen molar-refractivity contribution in [3.63, 3.8) is 0 Å². The van der Waals surface area contributed by atoms with Gasteiger partial charge in [-0.3, -0.25) is 0 Å². The van der Waals surface area contributed by atoms with Crippen LogP contribution in [0.4, 0.5) is 0 Å². The molecule has 3 rings (SSSR count). The van der Waals surface area contributed by atoms with E-state index in [-0.39, 0.29) is 0 Å². The van der Waals surface area contributed by atoms with Crippen molar-refractivity contribution in [2.45, 2.75) is 38.6 Å². The molecule has 3 heterocycles. The molecule has 0 spiro atoms. The number of aryl methyl sites for hydroxylation is 1. The van der Waals surface area contributed by atoms with Crippen LogP contribution >= 0.6 is 11.3 Å². The first-order valence-electron chi connectivity index (χ1n) is 7.15. The maximum atomic E-state index is 4.36. The summed E-state index contributed by atoms with van der Waals surface area (Å²) < 4.78 is 2.32. The summed E-state index contributed by atoms with van der Waals surface area (Å²) in [5.41, 5.74) is 1.39. The van der Waals surface area contributed by atoms with Gasteiger partial charge in [0.15, 0.2) is 0 Å². The van der Waals surface area contributed by atoms with E-state index in [1.807, 2.05) is 23.9 Å². The molecule has 0 aromatic carbocycles. The van der Waals surface area contributed by atoms with Crippen LogP contribution in [0.5, 0.6) is 0 Å². The number of aromatic nitrogens is 2. The highest BCUT2D eigenvalue weighted by Crippen LogP contribution is 2.25. The number of thiophene rings is 1. The third-order valence-electron chi connectivity index (χ3n) is 3.85. The SMILES string of the molecule is CCc1ccc(Cn2cncc2C2CCCNC2)s1. The third-order valence-corrected chi connectivity index (χ3v) is 5.07. The molecule has 1 aliphatic rings. The van der Waals surface area contributed by atoms with Crippen LogP contribution < -0.4 is 5.32 Å². The van der Waals surface area contributed by atoms with E-state index >= 15 is 0 Å². The summed E-state index contributed by atoms with van der Waals surface area (Å²) >= 11 is 1.92. The summed E-state index contributed by atoms with van der Waals surface area (Å²) in [4.78, 5) is 7.26. The minimum Gasteiger partial charge on any atom is -0.329 e. The molecule has 1 unspecified atom stereocenters. The number of piperidine rings is 1. The van der Waals surface area contributed by atoms with Crippen LogP contribution in [0.2, 0.25) is 0 Å². The van der Waals surface area contributed by atoms with Gasteiger partial charge in [-0.15, -0.1) is 11.3 Å². The predicted octanol–water partition coefficient (Wildman–Crippen LogP) is 3.02. The number of hydrogen-bond acceptors (Lipinski definition) is 3. The molecule has 1 atom stereocenters. The number of nitrogens with zero attached hydrogens (tertiary/aromatic N) is 2. The van der Waals surface area contributed by atoms with E-state index in [2.05, 4.69) is 33.9 Å². The van der Waals surface area contributed by atoms with Gasteiger partial charge in [0, 0.05) is 34.1 Å². The fraction of sp³-hybridized carbons (Fsp3) is 0.533. The molecule has 19 heavy (non-hydrogen) atoms. The van der Waals surface area contributed by atoms with Gasteiger partial charge in [-0.05, 0) is 37.9 Å². The van der Waals surface area contributed by atoms with Gasteiger partial charge in [-0.1, -0.05) is 6.92 Å². The van der Waals surface area contributed by atoms with Crippen molar-refractivity contribution in [1.82, 2.24) is 14.9 Å². The van der Waals surface area contributed by atoms with Crippen molar-refractivity contribution in [2.75, 3.05) is 13.1 Å². The van der Waals surface area contributed by atoms with E-state index in [4.69, 9.17) is 0 Å². The Balaban J connectivity index is 1.75. The van der Waals surface area contributed by atoms with Gasteiger partial charge in [0.25, 0.3) is 0 Å². The van der Waals surface area contributed by atoms with Crippen LogP contribution in [-0.2, 0) is 13.0 Å². The zero-order valence-electron chi connectivity index (χ0n) is 11.4. The first-order valence-corrected chi connectivity index (χ1v) is 7.97. The molecule has 3 nitrogen and oxygen atoms in total. The normalized spacial score (nSPS) is 19.7. The smallest absolute Gasteiger partial charge is 0.0951 e. The van der Waals surface area contributed by atoms with E-state index in [9.17, 15) is 0 Å². The van der Waals surface area contributed by atoms with Crippen LogP contribution in [0.25, 0.3) is 0 Å². The average Bonchev–Trinajstić information content (AvgIpc) is 3.09.